The number of phosphoric acid groups is 2. The molecule has 516 valence electrons. The fraction of sp³-hybridized carbons (Fsp3) is 0.941. The normalized spacial score (nSPS) is 14.2. The minimum atomic E-state index is -4.95. The molecule has 0 saturated heterocycles. The van der Waals surface area contributed by atoms with E-state index >= 15 is 0 Å². The minimum Gasteiger partial charge on any atom is -0.462 e. The summed E-state index contributed by atoms with van der Waals surface area (Å²) in [5, 5.41) is 10.5. The maximum Gasteiger partial charge on any atom is 0.472 e. The molecule has 3 N–H and O–H groups in total. The highest BCUT2D eigenvalue weighted by atomic mass is 31.2. The van der Waals surface area contributed by atoms with Crippen molar-refractivity contribution in [2.45, 2.75) is 362 Å². The van der Waals surface area contributed by atoms with Crippen molar-refractivity contribution in [3.63, 3.8) is 0 Å². The van der Waals surface area contributed by atoms with Crippen molar-refractivity contribution in [3.05, 3.63) is 0 Å². The fourth-order valence-electron chi connectivity index (χ4n) is 10.2. The highest BCUT2D eigenvalue weighted by Crippen LogP contribution is 2.45. The molecule has 0 bridgehead atoms. The molecule has 5 atom stereocenters. The van der Waals surface area contributed by atoms with Crippen LogP contribution in [0.3, 0.4) is 0 Å². The Morgan fingerprint density at radius 3 is 0.782 bits per heavy atom. The molecule has 2 unspecified atom stereocenters. The van der Waals surface area contributed by atoms with Gasteiger partial charge in [-0.3, -0.25) is 37.3 Å². The molecular formula is C68H132O17P2. The zero-order valence-corrected chi connectivity index (χ0v) is 58.1. The summed E-state index contributed by atoms with van der Waals surface area (Å²) in [7, 11) is -9.89. The van der Waals surface area contributed by atoms with Gasteiger partial charge in [0.05, 0.1) is 26.4 Å². The average Bonchev–Trinajstić information content (AvgIpc) is 3.69. The van der Waals surface area contributed by atoms with Crippen LogP contribution in [0.25, 0.3) is 0 Å². The van der Waals surface area contributed by atoms with Crippen LogP contribution >= 0.6 is 15.6 Å². The third kappa shape index (κ3) is 62.6. The van der Waals surface area contributed by atoms with Crippen molar-refractivity contribution in [3.8, 4) is 0 Å². The van der Waals surface area contributed by atoms with Crippen molar-refractivity contribution >= 4 is 39.5 Å². The summed E-state index contributed by atoms with van der Waals surface area (Å²) >= 11 is 0. The molecule has 0 aromatic heterocycles. The summed E-state index contributed by atoms with van der Waals surface area (Å²) in [5.74, 6) is -0.654. The van der Waals surface area contributed by atoms with Crippen LogP contribution < -0.4 is 0 Å². The van der Waals surface area contributed by atoms with E-state index < -0.39 is 97.5 Å². The van der Waals surface area contributed by atoms with E-state index in [4.69, 9.17) is 37.0 Å². The lowest BCUT2D eigenvalue weighted by molar-refractivity contribution is -0.161. The summed E-state index contributed by atoms with van der Waals surface area (Å²) < 4.78 is 68.1. The number of hydrogen-bond acceptors (Lipinski definition) is 15. The lowest BCUT2D eigenvalue weighted by atomic mass is 10.0. The number of ether oxygens (including phenoxy) is 4. The monoisotopic (exact) mass is 1280 g/mol. The van der Waals surface area contributed by atoms with Gasteiger partial charge in [0, 0.05) is 25.7 Å². The number of hydrogen-bond donors (Lipinski definition) is 3. The van der Waals surface area contributed by atoms with Crippen LogP contribution in [0.5, 0.6) is 0 Å². The summed E-state index contributed by atoms with van der Waals surface area (Å²) in [6.45, 7) is 9.44. The lowest BCUT2D eigenvalue weighted by Gasteiger charge is -2.21. The molecule has 0 saturated carbocycles. The first-order valence-electron chi connectivity index (χ1n) is 35.5. The molecule has 0 aromatic carbocycles. The summed E-state index contributed by atoms with van der Waals surface area (Å²) in [5.41, 5.74) is 0. The molecule has 0 amide bonds. The number of carbonyl (C=O) groups excluding carboxylic acids is 4. The van der Waals surface area contributed by atoms with Gasteiger partial charge >= 0.3 is 39.5 Å². The third-order valence-electron chi connectivity index (χ3n) is 15.7. The number of esters is 4. The number of carbonyl (C=O) groups is 4. The van der Waals surface area contributed by atoms with Gasteiger partial charge in [0.2, 0.25) is 0 Å². The Labute approximate surface area is 530 Å². The number of aliphatic hydroxyl groups is 1. The predicted molar refractivity (Wildman–Crippen MR) is 349 cm³/mol. The molecule has 0 heterocycles. The molecule has 0 fully saturated rings. The SMILES string of the molecule is CCCCCCCCCCCCC(=O)OC[C@H](COP(=O)(O)OC[C@@H](O)COP(=O)(O)OC[C@@H](COC(=O)CCCCCCCCCCC)OC(=O)CCCCCCCCC(C)C)OC(=O)CCCCCCCCCCCCCCCCCCC(C)C. The van der Waals surface area contributed by atoms with E-state index in [0.29, 0.717) is 31.6 Å². The Morgan fingerprint density at radius 2 is 0.529 bits per heavy atom. The first-order valence-corrected chi connectivity index (χ1v) is 38.5. The zero-order chi connectivity index (χ0) is 64.3. The quantitative estimate of drug-likeness (QED) is 0.0222. The van der Waals surface area contributed by atoms with Crippen molar-refractivity contribution in [2.75, 3.05) is 39.6 Å². The van der Waals surface area contributed by atoms with Crippen LogP contribution in [0, 0.1) is 11.8 Å². The second-order valence-electron chi connectivity index (χ2n) is 25.5. The molecule has 0 spiro atoms. The van der Waals surface area contributed by atoms with Crippen LogP contribution in [0.1, 0.15) is 343 Å². The number of aliphatic hydroxyl groups excluding tert-OH is 1. The number of unbranched alkanes of at least 4 members (excludes halogenated alkanes) is 37. The molecule has 0 aliphatic carbocycles. The first-order chi connectivity index (χ1) is 41.9. The molecular weight excluding hydrogens is 1150 g/mol. The van der Waals surface area contributed by atoms with E-state index in [1.807, 2.05) is 0 Å². The van der Waals surface area contributed by atoms with Gasteiger partial charge in [0.25, 0.3) is 0 Å². The van der Waals surface area contributed by atoms with Crippen molar-refractivity contribution in [1.29, 1.82) is 0 Å². The Morgan fingerprint density at radius 1 is 0.310 bits per heavy atom. The summed E-state index contributed by atoms with van der Waals surface area (Å²) in [6, 6.07) is 0. The van der Waals surface area contributed by atoms with Gasteiger partial charge < -0.3 is 33.8 Å². The van der Waals surface area contributed by atoms with E-state index in [-0.39, 0.29) is 25.7 Å². The van der Waals surface area contributed by atoms with Gasteiger partial charge in [-0.2, -0.15) is 0 Å². The number of phosphoric ester groups is 2. The van der Waals surface area contributed by atoms with Gasteiger partial charge in [-0.1, -0.05) is 292 Å². The first kappa shape index (κ1) is 85.1. The highest BCUT2D eigenvalue weighted by Gasteiger charge is 2.30. The number of rotatable bonds is 67. The molecule has 0 aliphatic rings. The van der Waals surface area contributed by atoms with Gasteiger partial charge in [-0.25, -0.2) is 9.13 Å². The van der Waals surface area contributed by atoms with E-state index in [1.54, 1.807) is 0 Å². The third-order valence-corrected chi connectivity index (χ3v) is 17.6. The van der Waals surface area contributed by atoms with E-state index in [9.17, 15) is 43.2 Å². The fourth-order valence-corrected chi connectivity index (χ4v) is 11.8. The Kier molecular flexibility index (Phi) is 59.0. The Hall–Kier alpha value is -1.94. The van der Waals surface area contributed by atoms with Gasteiger partial charge in [0.1, 0.15) is 19.3 Å². The standard InChI is InChI=1S/C68H132O17P2/c1-7-9-11-13-15-17-28-32-39-45-51-66(71)79-56-63(84-67(72)52-46-40-33-29-25-23-21-19-18-20-22-24-27-30-36-42-48-60(3)4)58-82-86(74,75)80-54-62(69)55-81-87(76,77)83-59-64(85-68(73)53-47-41-35-34-37-43-49-61(5)6)57-78-65(70)50-44-38-31-26-16-14-12-10-8-2/h60-64,69H,7-59H2,1-6H3,(H,74,75)(H,76,77)/t62-,63-,64-/m1/s1. The zero-order valence-electron chi connectivity index (χ0n) is 56.3. The van der Waals surface area contributed by atoms with Gasteiger partial charge in [-0.05, 0) is 37.5 Å². The van der Waals surface area contributed by atoms with Crippen LogP contribution in [-0.4, -0.2) is 96.7 Å². The Balaban J connectivity index is 5.16. The van der Waals surface area contributed by atoms with Crippen molar-refractivity contribution in [1.82, 2.24) is 0 Å². The lowest BCUT2D eigenvalue weighted by Crippen LogP contribution is -2.30. The van der Waals surface area contributed by atoms with Gasteiger partial charge in [0.15, 0.2) is 12.2 Å². The summed E-state index contributed by atoms with van der Waals surface area (Å²) in [4.78, 5) is 72.3. The van der Waals surface area contributed by atoms with Crippen LogP contribution in [0.4, 0.5) is 0 Å². The molecule has 0 aliphatic heterocycles. The van der Waals surface area contributed by atoms with Crippen molar-refractivity contribution in [2.24, 2.45) is 11.8 Å². The molecule has 0 aromatic rings. The largest absolute Gasteiger partial charge is 0.472 e. The van der Waals surface area contributed by atoms with E-state index in [0.717, 1.165) is 95.8 Å². The average molecular weight is 1280 g/mol. The van der Waals surface area contributed by atoms with E-state index in [1.165, 1.54) is 161 Å². The highest BCUT2D eigenvalue weighted by molar-refractivity contribution is 7.47. The maximum atomic E-state index is 13.0. The van der Waals surface area contributed by atoms with Gasteiger partial charge in [-0.15, -0.1) is 0 Å². The van der Waals surface area contributed by atoms with Crippen LogP contribution in [-0.2, 0) is 65.4 Å². The smallest absolute Gasteiger partial charge is 0.462 e. The van der Waals surface area contributed by atoms with E-state index in [2.05, 4.69) is 41.5 Å². The predicted octanol–water partition coefficient (Wildman–Crippen LogP) is 19.2. The van der Waals surface area contributed by atoms with Crippen LogP contribution in [0.2, 0.25) is 0 Å². The van der Waals surface area contributed by atoms with Crippen molar-refractivity contribution < 1.29 is 80.2 Å². The molecule has 87 heavy (non-hydrogen) atoms. The molecule has 17 nitrogen and oxygen atoms in total. The Bertz CT molecular complexity index is 1700. The molecule has 19 heteroatoms. The minimum absolute atomic E-state index is 0.102. The summed E-state index contributed by atoms with van der Waals surface area (Å²) in [6.07, 6.45) is 44.7. The second-order valence-corrected chi connectivity index (χ2v) is 28.4. The molecule has 0 radical (unpaired) electrons. The van der Waals surface area contributed by atoms with Crippen LogP contribution in [0.15, 0.2) is 0 Å². The second kappa shape index (κ2) is 60.3. The molecule has 0 rings (SSSR count). The topological polar surface area (TPSA) is 237 Å². The maximum absolute atomic E-state index is 13.0.